The van der Waals surface area contributed by atoms with Gasteiger partial charge in [0, 0.05) is 12.2 Å². The lowest BCUT2D eigenvalue weighted by Gasteiger charge is -2.37. The molecular formula is C19H26N2O3. The van der Waals surface area contributed by atoms with Crippen LogP contribution in [0.3, 0.4) is 0 Å². The highest BCUT2D eigenvalue weighted by Gasteiger charge is 2.60. The third-order valence-electron chi connectivity index (χ3n) is 4.91. The second-order valence-electron chi connectivity index (χ2n) is 8.08. The summed E-state index contributed by atoms with van der Waals surface area (Å²) in [6, 6.07) is 7.59. The fourth-order valence-electron chi connectivity index (χ4n) is 4.18. The first kappa shape index (κ1) is 16.8. The number of hydrogen-bond acceptors (Lipinski definition) is 3. The molecule has 0 bridgehead atoms. The van der Waals surface area contributed by atoms with Crippen molar-refractivity contribution in [3.63, 3.8) is 0 Å². The molecule has 1 N–H and O–H groups in total. The molecule has 24 heavy (non-hydrogen) atoms. The zero-order valence-electron chi connectivity index (χ0n) is 15.1. The van der Waals surface area contributed by atoms with E-state index in [2.05, 4.69) is 19.2 Å². The summed E-state index contributed by atoms with van der Waals surface area (Å²) in [6.45, 7) is 10.2. The highest BCUT2D eigenvalue weighted by atomic mass is 16.6. The number of hydrogen-bond donors (Lipinski definition) is 1. The SMILES string of the molecule is CC(C)C1N(C(=O)OC(C)(C)C)CC[C@@]12C(=O)Nc1ccccc12. The first-order valence-electron chi connectivity index (χ1n) is 8.57. The van der Waals surface area contributed by atoms with E-state index in [1.807, 2.05) is 45.0 Å². The maximum atomic E-state index is 12.9. The molecule has 2 heterocycles. The summed E-state index contributed by atoms with van der Waals surface area (Å²) < 4.78 is 5.58. The number of nitrogens with zero attached hydrogens (tertiary/aromatic N) is 1. The molecule has 2 aliphatic rings. The number of nitrogens with one attached hydrogen (secondary N) is 1. The lowest BCUT2D eigenvalue weighted by Crippen LogP contribution is -2.52. The van der Waals surface area contributed by atoms with Gasteiger partial charge in [-0.15, -0.1) is 0 Å². The highest BCUT2D eigenvalue weighted by Crippen LogP contribution is 2.50. The van der Waals surface area contributed by atoms with Crippen LogP contribution in [0.15, 0.2) is 24.3 Å². The summed E-state index contributed by atoms with van der Waals surface area (Å²) in [5.41, 5.74) is 0.630. The van der Waals surface area contributed by atoms with Crippen LogP contribution >= 0.6 is 0 Å². The number of likely N-dealkylation sites (tertiary alicyclic amines) is 1. The number of para-hydroxylation sites is 1. The van der Waals surface area contributed by atoms with Gasteiger partial charge in [0.1, 0.15) is 5.60 Å². The van der Waals surface area contributed by atoms with Crippen molar-refractivity contribution in [3.05, 3.63) is 29.8 Å². The molecular weight excluding hydrogens is 304 g/mol. The molecule has 5 heteroatoms. The van der Waals surface area contributed by atoms with Gasteiger partial charge < -0.3 is 15.0 Å². The zero-order valence-corrected chi connectivity index (χ0v) is 15.1. The maximum Gasteiger partial charge on any atom is 0.410 e. The number of carbonyl (C=O) groups is 2. The Labute approximate surface area is 143 Å². The van der Waals surface area contributed by atoms with Crippen molar-refractivity contribution in [3.8, 4) is 0 Å². The van der Waals surface area contributed by atoms with E-state index in [0.717, 1.165) is 11.3 Å². The van der Waals surface area contributed by atoms with Gasteiger partial charge in [-0.05, 0) is 44.7 Å². The molecule has 1 fully saturated rings. The van der Waals surface area contributed by atoms with Crippen LogP contribution in [0, 0.1) is 5.92 Å². The Morgan fingerprint density at radius 2 is 2.00 bits per heavy atom. The maximum absolute atomic E-state index is 12.9. The summed E-state index contributed by atoms with van der Waals surface area (Å²) in [4.78, 5) is 27.4. The van der Waals surface area contributed by atoms with Gasteiger partial charge in [-0.2, -0.15) is 0 Å². The molecule has 1 spiro atoms. The number of ether oxygens (including phenoxy) is 1. The van der Waals surface area contributed by atoms with Crippen molar-refractivity contribution in [2.24, 2.45) is 5.92 Å². The summed E-state index contributed by atoms with van der Waals surface area (Å²) in [5.74, 6) is 0.130. The molecule has 1 aromatic rings. The van der Waals surface area contributed by atoms with E-state index in [9.17, 15) is 9.59 Å². The predicted octanol–water partition coefficient (Wildman–Crippen LogP) is 3.54. The Morgan fingerprint density at radius 1 is 1.33 bits per heavy atom. The van der Waals surface area contributed by atoms with E-state index >= 15 is 0 Å². The van der Waals surface area contributed by atoms with Crippen LogP contribution in [-0.4, -0.2) is 35.1 Å². The van der Waals surface area contributed by atoms with Gasteiger partial charge in [0.15, 0.2) is 0 Å². The Balaban J connectivity index is 2.02. The zero-order chi connectivity index (χ0) is 17.7. The fourth-order valence-corrected chi connectivity index (χ4v) is 4.18. The standard InChI is InChI=1S/C19H26N2O3/c1-12(2)15-19(10-11-21(15)17(23)24-18(3,4)5)13-8-6-7-9-14(13)20-16(19)22/h6-9,12,15H,10-11H2,1-5H3,(H,20,22)/t15?,19-/m0/s1. The van der Waals surface area contributed by atoms with Crippen LogP contribution in [0.4, 0.5) is 10.5 Å². The number of amides is 2. The minimum atomic E-state index is -0.679. The Hall–Kier alpha value is -2.04. The summed E-state index contributed by atoms with van der Waals surface area (Å²) in [5, 5.41) is 3.01. The lowest BCUT2D eigenvalue weighted by atomic mass is 9.71. The van der Waals surface area contributed by atoms with E-state index in [4.69, 9.17) is 4.74 Å². The molecule has 2 amide bonds. The van der Waals surface area contributed by atoms with E-state index < -0.39 is 11.0 Å². The van der Waals surface area contributed by atoms with Crippen LogP contribution in [0.25, 0.3) is 0 Å². The van der Waals surface area contributed by atoms with Crippen molar-refractivity contribution >= 4 is 17.7 Å². The smallest absolute Gasteiger partial charge is 0.410 e. The average Bonchev–Trinajstić information content (AvgIpc) is 2.99. The molecule has 1 unspecified atom stereocenters. The van der Waals surface area contributed by atoms with E-state index in [0.29, 0.717) is 13.0 Å². The van der Waals surface area contributed by atoms with Crippen LogP contribution in [0.2, 0.25) is 0 Å². The predicted molar refractivity (Wildman–Crippen MR) is 92.9 cm³/mol. The van der Waals surface area contributed by atoms with Crippen molar-refractivity contribution < 1.29 is 14.3 Å². The molecule has 5 nitrogen and oxygen atoms in total. The molecule has 0 aliphatic carbocycles. The minimum absolute atomic E-state index is 0.00606. The normalized spacial score (nSPS) is 26.0. The summed E-state index contributed by atoms with van der Waals surface area (Å²) in [7, 11) is 0. The quantitative estimate of drug-likeness (QED) is 0.857. The van der Waals surface area contributed by atoms with Gasteiger partial charge in [0.05, 0.1) is 11.5 Å². The third kappa shape index (κ3) is 2.46. The highest BCUT2D eigenvalue weighted by molar-refractivity contribution is 6.07. The second-order valence-corrected chi connectivity index (χ2v) is 8.08. The molecule has 130 valence electrons. The lowest BCUT2D eigenvalue weighted by molar-refractivity contribution is -0.122. The monoisotopic (exact) mass is 330 g/mol. The molecule has 1 aromatic carbocycles. The van der Waals surface area contributed by atoms with Gasteiger partial charge in [0.2, 0.25) is 5.91 Å². The van der Waals surface area contributed by atoms with Gasteiger partial charge in [-0.25, -0.2) is 4.79 Å². The van der Waals surface area contributed by atoms with Gasteiger partial charge >= 0.3 is 6.09 Å². The molecule has 0 saturated carbocycles. The molecule has 0 aromatic heterocycles. The molecule has 2 aliphatic heterocycles. The number of benzene rings is 1. The van der Waals surface area contributed by atoms with Crippen LogP contribution in [0.1, 0.15) is 46.6 Å². The van der Waals surface area contributed by atoms with E-state index in [1.54, 1.807) is 4.90 Å². The largest absolute Gasteiger partial charge is 0.444 e. The average molecular weight is 330 g/mol. The second kappa shape index (κ2) is 5.50. The van der Waals surface area contributed by atoms with E-state index in [1.165, 1.54) is 0 Å². The Morgan fingerprint density at radius 3 is 2.62 bits per heavy atom. The van der Waals surface area contributed by atoms with Gasteiger partial charge in [-0.1, -0.05) is 32.0 Å². The molecule has 0 radical (unpaired) electrons. The molecule has 2 atom stereocenters. The van der Waals surface area contributed by atoms with Crippen molar-refractivity contribution in [1.29, 1.82) is 0 Å². The summed E-state index contributed by atoms with van der Waals surface area (Å²) >= 11 is 0. The number of rotatable bonds is 1. The van der Waals surface area contributed by atoms with Crippen LogP contribution in [0.5, 0.6) is 0 Å². The fraction of sp³-hybridized carbons (Fsp3) is 0.579. The van der Waals surface area contributed by atoms with E-state index in [-0.39, 0.29) is 24.0 Å². The Kier molecular flexibility index (Phi) is 3.85. The molecule has 1 saturated heterocycles. The van der Waals surface area contributed by atoms with Crippen molar-refractivity contribution in [2.75, 3.05) is 11.9 Å². The van der Waals surface area contributed by atoms with Gasteiger partial charge in [-0.3, -0.25) is 4.79 Å². The van der Waals surface area contributed by atoms with Gasteiger partial charge in [0.25, 0.3) is 0 Å². The Bertz CT molecular complexity index is 677. The summed E-state index contributed by atoms with van der Waals surface area (Å²) in [6.07, 6.45) is 0.285. The first-order chi connectivity index (χ1) is 11.2. The number of anilines is 1. The minimum Gasteiger partial charge on any atom is -0.444 e. The van der Waals surface area contributed by atoms with Crippen LogP contribution < -0.4 is 5.32 Å². The van der Waals surface area contributed by atoms with Crippen molar-refractivity contribution in [2.45, 2.75) is 58.1 Å². The van der Waals surface area contributed by atoms with Crippen molar-refractivity contribution in [1.82, 2.24) is 4.90 Å². The van der Waals surface area contributed by atoms with Crippen LogP contribution in [-0.2, 0) is 14.9 Å². The topological polar surface area (TPSA) is 58.6 Å². The molecule has 3 rings (SSSR count). The third-order valence-corrected chi connectivity index (χ3v) is 4.91. The number of carbonyl (C=O) groups excluding carboxylic acids is 2. The first-order valence-corrected chi connectivity index (χ1v) is 8.57. The number of fused-ring (bicyclic) bond motifs is 2.